The average molecular weight is 233 g/mol. The zero-order chi connectivity index (χ0) is 11.5. The molecule has 0 radical (unpaired) electrons. The molecule has 0 saturated carbocycles. The molecular weight excluding hydrogens is 224 g/mol. The van der Waals surface area contributed by atoms with Crippen molar-refractivity contribution in [1.29, 1.82) is 0 Å². The summed E-state index contributed by atoms with van der Waals surface area (Å²) >= 11 is 5.55. The number of hydrogen-bond donors (Lipinski definition) is 1. The molecule has 0 unspecified atom stereocenters. The topological polar surface area (TPSA) is 37.3 Å². The van der Waals surface area contributed by atoms with Crippen molar-refractivity contribution < 1.29 is 9.90 Å². The van der Waals surface area contributed by atoms with Crippen LogP contribution >= 0.6 is 11.6 Å². The average Bonchev–Trinajstić information content (AvgIpc) is 2.30. The van der Waals surface area contributed by atoms with E-state index in [2.05, 4.69) is 0 Å². The van der Waals surface area contributed by atoms with Gasteiger partial charge in [-0.2, -0.15) is 0 Å². The Kier molecular flexibility index (Phi) is 2.93. The predicted octanol–water partition coefficient (Wildman–Crippen LogP) is 3.50. The van der Waals surface area contributed by atoms with Gasteiger partial charge in [0.05, 0.1) is 5.57 Å². The van der Waals surface area contributed by atoms with Crippen LogP contribution in [0.5, 0.6) is 0 Å². The summed E-state index contributed by atoms with van der Waals surface area (Å²) in [5.41, 5.74) is 1.85. The lowest BCUT2D eigenvalue weighted by atomic mass is 9.99. The number of aliphatic carboxylic acids is 1. The zero-order valence-corrected chi connectivity index (χ0v) is 9.11. The SMILES string of the molecule is O=C(O)C(=CCl)c1cccc2ccccc12. The fourth-order valence-electron chi connectivity index (χ4n) is 1.68. The number of benzene rings is 2. The first-order chi connectivity index (χ1) is 7.74. The maximum atomic E-state index is 11.0. The summed E-state index contributed by atoms with van der Waals surface area (Å²) in [4.78, 5) is 11.0. The van der Waals surface area contributed by atoms with Crippen molar-refractivity contribution >= 4 is 33.9 Å². The lowest BCUT2D eigenvalue weighted by Gasteiger charge is -2.06. The summed E-state index contributed by atoms with van der Waals surface area (Å²) in [6.45, 7) is 0. The molecule has 0 aliphatic carbocycles. The van der Waals surface area contributed by atoms with E-state index in [-0.39, 0.29) is 5.57 Å². The van der Waals surface area contributed by atoms with Gasteiger partial charge < -0.3 is 5.11 Å². The molecule has 2 rings (SSSR count). The molecule has 0 amide bonds. The van der Waals surface area contributed by atoms with Gasteiger partial charge in [0.25, 0.3) is 0 Å². The Labute approximate surface area is 97.8 Å². The Bertz CT molecular complexity index is 568. The van der Waals surface area contributed by atoms with Crippen molar-refractivity contribution in [2.24, 2.45) is 0 Å². The fourth-order valence-corrected chi connectivity index (χ4v) is 1.89. The van der Waals surface area contributed by atoms with Gasteiger partial charge in [0.2, 0.25) is 0 Å². The molecule has 0 fully saturated rings. The Morgan fingerprint density at radius 2 is 1.81 bits per heavy atom. The normalized spacial score (nSPS) is 11.7. The van der Waals surface area contributed by atoms with Crippen LogP contribution in [0.25, 0.3) is 16.3 Å². The lowest BCUT2D eigenvalue weighted by Crippen LogP contribution is -1.99. The summed E-state index contributed by atoms with van der Waals surface area (Å²) in [5, 5.41) is 10.9. The van der Waals surface area contributed by atoms with E-state index in [0.717, 1.165) is 16.3 Å². The van der Waals surface area contributed by atoms with E-state index in [1.807, 2.05) is 36.4 Å². The van der Waals surface area contributed by atoms with Gasteiger partial charge in [-0.05, 0) is 16.3 Å². The second kappa shape index (κ2) is 4.37. The molecule has 0 bridgehead atoms. The van der Waals surface area contributed by atoms with Crippen LogP contribution in [-0.2, 0) is 4.79 Å². The minimum Gasteiger partial charge on any atom is -0.478 e. The third-order valence-corrected chi connectivity index (χ3v) is 2.64. The molecule has 0 aliphatic heterocycles. The first-order valence-corrected chi connectivity index (χ1v) is 5.19. The van der Waals surface area contributed by atoms with Crippen LogP contribution in [0.15, 0.2) is 48.0 Å². The fraction of sp³-hybridized carbons (Fsp3) is 0. The molecule has 2 aromatic carbocycles. The molecule has 1 N–H and O–H groups in total. The molecule has 16 heavy (non-hydrogen) atoms. The van der Waals surface area contributed by atoms with Crippen LogP contribution in [0.4, 0.5) is 0 Å². The lowest BCUT2D eigenvalue weighted by molar-refractivity contribution is -0.130. The molecule has 0 aromatic heterocycles. The number of halogens is 1. The van der Waals surface area contributed by atoms with E-state index in [4.69, 9.17) is 16.7 Å². The monoisotopic (exact) mass is 232 g/mol. The molecule has 3 heteroatoms. The summed E-state index contributed by atoms with van der Waals surface area (Å²) in [7, 11) is 0. The first kappa shape index (κ1) is 10.7. The number of rotatable bonds is 2. The summed E-state index contributed by atoms with van der Waals surface area (Å²) < 4.78 is 0. The number of carboxylic acid groups (broad SMARTS) is 1. The molecule has 80 valence electrons. The number of fused-ring (bicyclic) bond motifs is 1. The van der Waals surface area contributed by atoms with Gasteiger partial charge >= 0.3 is 5.97 Å². The zero-order valence-electron chi connectivity index (χ0n) is 8.35. The van der Waals surface area contributed by atoms with Gasteiger partial charge in [-0.15, -0.1) is 0 Å². The van der Waals surface area contributed by atoms with Crippen LogP contribution < -0.4 is 0 Å². The van der Waals surface area contributed by atoms with Gasteiger partial charge in [-0.3, -0.25) is 0 Å². The van der Waals surface area contributed by atoms with Crippen LogP contribution in [0.3, 0.4) is 0 Å². The minimum absolute atomic E-state index is 0.110. The van der Waals surface area contributed by atoms with Gasteiger partial charge in [0.1, 0.15) is 0 Å². The Morgan fingerprint density at radius 3 is 2.50 bits per heavy atom. The van der Waals surface area contributed by atoms with E-state index in [1.54, 1.807) is 6.07 Å². The van der Waals surface area contributed by atoms with E-state index in [9.17, 15) is 4.79 Å². The van der Waals surface area contributed by atoms with Crippen molar-refractivity contribution in [2.75, 3.05) is 0 Å². The third-order valence-electron chi connectivity index (χ3n) is 2.42. The van der Waals surface area contributed by atoms with Crippen molar-refractivity contribution in [3.8, 4) is 0 Å². The van der Waals surface area contributed by atoms with Gasteiger partial charge in [-0.1, -0.05) is 54.1 Å². The second-order valence-corrected chi connectivity index (χ2v) is 3.57. The Morgan fingerprint density at radius 1 is 1.12 bits per heavy atom. The quantitative estimate of drug-likeness (QED) is 0.805. The summed E-state index contributed by atoms with van der Waals surface area (Å²) in [5.74, 6) is -1.02. The standard InChI is InChI=1S/C13H9ClO2/c14-8-12(13(15)16)11-7-3-5-9-4-1-2-6-10(9)11/h1-8H,(H,15,16). The third kappa shape index (κ3) is 1.79. The van der Waals surface area contributed by atoms with Gasteiger partial charge in [0.15, 0.2) is 0 Å². The number of carbonyl (C=O) groups is 1. The Hall–Kier alpha value is -1.80. The summed E-state index contributed by atoms with van der Waals surface area (Å²) in [6.07, 6.45) is 0. The predicted molar refractivity (Wildman–Crippen MR) is 65.4 cm³/mol. The van der Waals surface area contributed by atoms with Crippen molar-refractivity contribution in [2.45, 2.75) is 0 Å². The Balaban J connectivity index is 2.74. The molecule has 0 atom stereocenters. The van der Waals surface area contributed by atoms with Crippen LogP contribution in [0.1, 0.15) is 5.56 Å². The van der Waals surface area contributed by atoms with Crippen molar-refractivity contribution in [1.82, 2.24) is 0 Å². The molecule has 0 spiro atoms. The maximum Gasteiger partial charge on any atom is 0.337 e. The molecular formula is C13H9ClO2. The van der Waals surface area contributed by atoms with E-state index in [0.29, 0.717) is 5.56 Å². The molecule has 0 saturated heterocycles. The molecule has 0 heterocycles. The highest BCUT2D eigenvalue weighted by Gasteiger charge is 2.12. The second-order valence-electron chi connectivity index (χ2n) is 3.35. The maximum absolute atomic E-state index is 11.0. The van der Waals surface area contributed by atoms with Gasteiger partial charge in [-0.25, -0.2) is 4.79 Å². The van der Waals surface area contributed by atoms with Crippen molar-refractivity contribution in [3.63, 3.8) is 0 Å². The number of carboxylic acids is 1. The highest BCUT2D eigenvalue weighted by atomic mass is 35.5. The van der Waals surface area contributed by atoms with Crippen LogP contribution in [0, 0.1) is 0 Å². The molecule has 2 nitrogen and oxygen atoms in total. The van der Waals surface area contributed by atoms with E-state index >= 15 is 0 Å². The van der Waals surface area contributed by atoms with Crippen LogP contribution in [0.2, 0.25) is 0 Å². The minimum atomic E-state index is -1.02. The van der Waals surface area contributed by atoms with Gasteiger partial charge in [0, 0.05) is 5.54 Å². The number of hydrogen-bond acceptors (Lipinski definition) is 1. The van der Waals surface area contributed by atoms with E-state index < -0.39 is 5.97 Å². The summed E-state index contributed by atoms with van der Waals surface area (Å²) in [6, 6.07) is 13.1. The first-order valence-electron chi connectivity index (χ1n) is 4.76. The molecule has 0 aliphatic rings. The highest BCUT2D eigenvalue weighted by molar-refractivity contribution is 6.35. The highest BCUT2D eigenvalue weighted by Crippen LogP contribution is 2.25. The molecule has 2 aromatic rings. The smallest absolute Gasteiger partial charge is 0.337 e. The van der Waals surface area contributed by atoms with E-state index in [1.165, 1.54) is 0 Å². The largest absolute Gasteiger partial charge is 0.478 e. The van der Waals surface area contributed by atoms with Crippen molar-refractivity contribution in [3.05, 3.63) is 53.6 Å². The van der Waals surface area contributed by atoms with Crippen LogP contribution in [-0.4, -0.2) is 11.1 Å².